The van der Waals surface area contributed by atoms with E-state index in [2.05, 4.69) is 0 Å². The molecule has 0 aliphatic carbocycles. The number of thiazole rings is 1. The number of hydrogen-bond acceptors (Lipinski definition) is 7. The van der Waals surface area contributed by atoms with Crippen molar-refractivity contribution in [3.63, 3.8) is 0 Å². The Morgan fingerprint density at radius 2 is 1.82 bits per heavy atom. The molecule has 0 amide bonds. The molecule has 40 heavy (non-hydrogen) atoms. The molecule has 1 aromatic heterocycles. The highest BCUT2D eigenvalue weighted by atomic mass is 35.5. The molecule has 1 aliphatic rings. The molecular weight excluding hydrogens is 555 g/mol. The SMILES string of the molecule is CCOC(=O)C1=C(c2ccccc2)N=c2s/c(=C\c3cc(Cl)c(OC)c(OC)c3)c(=O)n2C1c1ccc(F)cc1. The fraction of sp³-hybridized carbons (Fsp3) is 0.167. The summed E-state index contributed by atoms with van der Waals surface area (Å²) in [6.45, 7) is 1.84. The van der Waals surface area contributed by atoms with Gasteiger partial charge in [-0.1, -0.05) is 65.4 Å². The lowest BCUT2D eigenvalue weighted by molar-refractivity contribution is -0.138. The molecule has 204 valence electrons. The van der Waals surface area contributed by atoms with E-state index in [-0.39, 0.29) is 17.7 Å². The lowest BCUT2D eigenvalue weighted by atomic mass is 9.93. The largest absolute Gasteiger partial charge is 0.493 e. The van der Waals surface area contributed by atoms with Crippen molar-refractivity contribution < 1.29 is 23.4 Å². The zero-order chi connectivity index (χ0) is 28.4. The van der Waals surface area contributed by atoms with Gasteiger partial charge in [0.05, 0.1) is 47.7 Å². The van der Waals surface area contributed by atoms with Crippen LogP contribution < -0.4 is 24.4 Å². The van der Waals surface area contributed by atoms with Crippen molar-refractivity contribution in [3.05, 3.63) is 120 Å². The highest BCUT2D eigenvalue weighted by Gasteiger charge is 2.35. The second kappa shape index (κ2) is 11.5. The van der Waals surface area contributed by atoms with Gasteiger partial charge in [-0.05, 0) is 48.4 Å². The summed E-state index contributed by atoms with van der Waals surface area (Å²) in [6, 6.07) is 17.4. The van der Waals surface area contributed by atoms with Crippen LogP contribution in [0.5, 0.6) is 11.5 Å². The predicted molar refractivity (Wildman–Crippen MR) is 152 cm³/mol. The Morgan fingerprint density at radius 1 is 1.10 bits per heavy atom. The number of esters is 1. The summed E-state index contributed by atoms with van der Waals surface area (Å²) in [5.74, 6) is -0.258. The van der Waals surface area contributed by atoms with Crippen LogP contribution in [0.1, 0.15) is 29.7 Å². The first-order valence-electron chi connectivity index (χ1n) is 12.3. The van der Waals surface area contributed by atoms with Crippen LogP contribution in [0.15, 0.2) is 82.1 Å². The minimum absolute atomic E-state index is 0.130. The first kappa shape index (κ1) is 27.4. The summed E-state index contributed by atoms with van der Waals surface area (Å²) in [5.41, 5.74) is 2.02. The van der Waals surface area contributed by atoms with Crippen LogP contribution >= 0.6 is 22.9 Å². The van der Waals surface area contributed by atoms with Gasteiger partial charge in [-0.15, -0.1) is 0 Å². The van der Waals surface area contributed by atoms with E-state index in [1.54, 1.807) is 37.3 Å². The fourth-order valence-corrected chi connectivity index (χ4v) is 5.87. The van der Waals surface area contributed by atoms with Gasteiger partial charge < -0.3 is 14.2 Å². The Labute approximate surface area is 238 Å². The van der Waals surface area contributed by atoms with Gasteiger partial charge in [-0.3, -0.25) is 9.36 Å². The van der Waals surface area contributed by atoms with Crippen LogP contribution in [0.4, 0.5) is 4.39 Å². The Kier molecular flexibility index (Phi) is 7.86. The Bertz CT molecular complexity index is 1800. The molecular formula is C30H24ClFN2O5S. The highest BCUT2D eigenvalue weighted by Crippen LogP contribution is 2.37. The first-order valence-corrected chi connectivity index (χ1v) is 13.5. The van der Waals surface area contributed by atoms with Crippen LogP contribution in [0.2, 0.25) is 5.02 Å². The first-order chi connectivity index (χ1) is 19.4. The standard InChI is InChI=1S/C30H24ClFN2O5S/c1-4-39-29(36)24-25(18-8-6-5-7-9-18)33-30-34(26(24)19-10-12-20(32)13-11-19)28(35)23(40-30)16-17-14-21(31)27(38-3)22(15-17)37-2/h5-16,26H,4H2,1-3H3/b23-16-. The molecule has 1 atom stereocenters. The van der Waals surface area contributed by atoms with Gasteiger partial charge in [0.1, 0.15) is 5.82 Å². The summed E-state index contributed by atoms with van der Waals surface area (Å²) in [6.07, 6.45) is 1.68. The maximum Gasteiger partial charge on any atom is 0.338 e. The molecule has 3 aromatic carbocycles. The Balaban J connectivity index is 1.81. The summed E-state index contributed by atoms with van der Waals surface area (Å²) >= 11 is 7.56. The van der Waals surface area contributed by atoms with Gasteiger partial charge in [0.25, 0.3) is 5.56 Å². The van der Waals surface area contributed by atoms with Crippen LogP contribution in [0.25, 0.3) is 11.8 Å². The number of rotatable bonds is 7. The van der Waals surface area contributed by atoms with E-state index in [0.717, 1.165) is 0 Å². The van der Waals surface area contributed by atoms with E-state index in [1.165, 1.54) is 42.3 Å². The van der Waals surface area contributed by atoms with Crippen LogP contribution in [0.3, 0.4) is 0 Å². The number of ether oxygens (including phenoxy) is 3. The zero-order valence-corrected chi connectivity index (χ0v) is 23.4. The molecule has 0 saturated carbocycles. The third-order valence-corrected chi connectivity index (χ3v) is 7.58. The van der Waals surface area contributed by atoms with Crippen molar-refractivity contribution >= 4 is 40.7 Å². The number of carbonyl (C=O) groups excluding carboxylic acids is 1. The average Bonchev–Trinajstić information content (AvgIpc) is 3.27. The van der Waals surface area contributed by atoms with Crippen LogP contribution in [0, 0.1) is 5.82 Å². The monoisotopic (exact) mass is 578 g/mol. The smallest absolute Gasteiger partial charge is 0.338 e. The van der Waals surface area contributed by atoms with Crippen molar-refractivity contribution in [2.45, 2.75) is 13.0 Å². The lowest BCUT2D eigenvalue weighted by Gasteiger charge is -2.25. The molecule has 1 aliphatic heterocycles. The molecule has 0 bridgehead atoms. The van der Waals surface area contributed by atoms with E-state index in [4.69, 9.17) is 30.8 Å². The zero-order valence-electron chi connectivity index (χ0n) is 21.8. The molecule has 0 spiro atoms. The van der Waals surface area contributed by atoms with Gasteiger partial charge in [0.2, 0.25) is 0 Å². The summed E-state index contributed by atoms with van der Waals surface area (Å²) in [4.78, 5) is 32.6. The molecule has 1 unspecified atom stereocenters. The van der Waals surface area contributed by atoms with E-state index >= 15 is 0 Å². The topological polar surface area (TPSA) is 79.1 Å². The van der Waals surface area contributed by atoms with E-state index in [1.807, 2.05) is 30.3 Å². The maximum absolute atomic E-state index is 13.9. The Hall–Kier alpha value is -4.21. The average molecular weight is 579 g/mol. The number of aromatic nitrogens is 1. The number of hydrogen-bond donors (Lipinski definition) is 0. The van der Waals surface area contributed by atoms with Crippen molar-refractivity contribution in [2.75, 3.05) is 20.8 Å². The Morgan fingerprint density at radius 3 is 2.48 bits per heavy atom. The summed E-state index contributed by atoms with van der Waals surface area (Å²) < 4.78 is 31.9. The summed E-state index contributed by atoms with van der Waals surface area (Å²) in [5, 5.41) is 0.320. The van der Waals surface area contributed by atoms with Gasteiger partial charge >= 0.3 is 5.97 Å². The number of benzene rings is 3. The van der Waals surface area contributed by atoms with E-state index < -0.39 is 17.8 Å². The van der Waals surface area contributed by atoms with Crippen LogP contribution in [-0.2, 0) is 9.53 Å². The third kappa shape index (κ3) is 5.05. The normalized spacial score (nSPS) is 14.9. The minimum Gasteiger partial charge on any atom is -0.493 e. The minimum atomic E-state index is -0.901. The van der Waals surface area contributed by atoms with E-state index in [0.29, 0.717) is 48.2 Å². The number of methoxy groups -OCH3 is 2. The molecule has 10 heteroatoms. The summed E-state index contributed by atoms with van der Waals surface area (Å²) in [7, 11) is 2.99. The number of fused-ring (bicyclic) bond motifs is 1. The molecule has 0 saturated heterocycles. The molecule has 0 fully saturated rings. The second-order valence-electron chi connectivity index (χ2n) is 8.72. The van der Waals surface area contributed by atoms with Gasteiger partial charge in [0.15, 0.2) is 16.3 Å². The van der Waals surface area contributed by atoms with Crippen molar-refractivity contribution in [1.29, 1.82) is 0 Å². The quantitative estimate of drug-likeness (QED) is 0.296. The molecule has 2 heterocycles. The van der Waals surface area contributed by atoms with Gasteiger partial charge in [-0.2, -0.15) is 0 Å². The molecule has 4 aromatic rings. The number of carbonyl (C=O) groups is 1. The third-order valence-electron chi connectivity index (χ3n) is 6.31. The van der Waals surface area contributed by atoms with Crippen molar-refractivity contribution in [2.24, 2.45) is 4.99 Å². The van der Waals surface area contributed by atoms with Crippen molar-refractivity contribution in [3.8, 4) is 11.5 Å². The second-order valence-corrected chi connectivity index (χ2v) is 10.1. The predicted octanol–water partition coefficient (Wildman–Crippen LogP) is 4.75. The molecule has 5 rings (SSSR count). The number of nitrogens with zero attached hydrogens (tertiary/aromatic N) is 2. The molecule has 0 N–H and O–H groups in total. The fourth-order valence-electron chi connectivity index (χ4n) is 4.57. The van der Waals surface area contributed by atoms with E-state index in [9.17, 15) is 14.0 Å². The van der Waals surface area contributed by atoms with Crippen molar-refractivity contribution in [1.82, 2.24) is 4.57 Å². The molecule has 0 radical (unpaired) electrons. The number of halogens is 2. The lowest BCUT2D eigenvalue weighted by Crippen LogP contribution is -2.40. The highest BCUT2D eigenvalue weighted by molar-refractivity contribution is 7.07. The van der Waals surface area contributed by atoms with Gasteiger partial charge in [0, 0.05) is 5.56 Å². The van der Waals surface area contributed by atoms with Gasteiger partial charge in [-0.25, -0.2) is 14.2 Å². The van der Waals surface area contributed by atoms with Crippen LogP contribution in [-0.4, -0.2) is 31.4 Å². The maximum atomic E-state index is 13.9. The molecule has 7 nitrogen and oxygen atoms in total.